The van der Waals surface area contributed by atoms with Gasteiger partial charge in [0.15, 0.2) is 5.03 Å². The third-order valence-electron chi connectivity index (χ3n) is 3.24. The van der Waals surface area contributed by atoms with Gasteiger partial charge in [-0.05, 0) is 26.3 Å². The van der Waals surface area contributed by atoms with Gasteiger partial charge < -0.3 is 10.3 Å². The fourth-order valence-corrected chi connectivity index (χ4v) is 3.69. The summed E-state index contributed by atoms with van der Waals surface area (Å²) in [6.45, 7) is 5.88. The Morgan fingerprint density at radius 1 is 1.50 bits per heavy atom. The van der Waals surface area contributed by atoms with Crippen molar-refractivity contribution in [1.82, 2.24) is 19.6 Å². The largest absolute Gasteiger partial charge is 0.332 e. The lowest BCUT2D eigenvalue weighted by Gasteiger charge is -2.31. The topological polar surface area (TPSA) is 78.1 Å². The van der Waals surface area contributed by atoms with Crippen molar-refractivity contribution in [1.29, 1.82) is 0 Å². The number of H-pyrrole nitrogens is 1. The van der Waals surface area contributed by atoms with Crippen molar-refractivity contribution in [3.63, 3.8) is 0 Å². The molecule has 2 N–H and O–H groups in total. The number of aryl methyl sites for hydroxylation is 1. The van der Waals surface area contributed by atoms with Crippen LogP contribution in [0.3, 0.4) is 0 Å². The van der Waals surface area contributed by atoms with Crippen LogP contribution in [0.1, 0.15) is 25.6 Å². The van der Waals surface area contributed by atoms with Crippen molar-refractivity contribution in [2.75, 3.05) is 19.6 Å². The average molecular weight is 272 g/mol. The van der Waals surface area contributed by atoms with E-state index in [9.17, 15) is 8.42 Å². The molecule has 1 aromatic heterocycles. The standard InChI is InChI=1S/C11H20N4O2S/c1-3-12-10-4-6-15(7-5-10)18(16,17)11-8-13-9(2)14-11/h8,10,12H,3-7H2,1-2H3,(H,13,14). The first kappa shape index (κ1) is 13.5. The molecule has 0 bridgehead atoms. The van der Waals surface area contributed by atoms with Crippen LogP contribution in [0.15, 0.2) is 11.2 Å². The fraction of sp³-hybridized carbons (Fsp3) is 0.727. The van der Waals surface area contributed by atoms with Gasteiger partial charge in [-0.15, -0.1) is 0 Å². The molecule has 0 amide bonds. The van der Waals surface area contributed by atoms with E-state index in [-0.39, 0.29) is 5.03 Å². The minimum Gasteiger partial charge on any atom is -0.332 e. The summed E-state index contributed by atoms with van der Waals surface area (Å²) in [6, 6.07) is 0.435. The zero-order chi connectivity index (χ0) is 13.2. The Kier molecular flexibility index (Phi) is 4.04. The van der Waals surface area contributed by atoms with E-state index in [1.54, 1.807) is 6.92 Å². The number of nitrogens with one attached hydrogen (secondary N) is 2. The van der Waals surface area contributed by atoms with Gasteiger partial charge in [-0.25, -0.2) is 13.4 Å². The smallest absolute Gasteiger partial charge is 0.260 e. The maximum atomic E-state index is 12.3. The van der Waals surface area contributed by atoms with E-state index in [0.717, 1.165) is 19.4 Å². The zero-order valence-electron chi connectivity index (χ0n) is 10.8. The lowest BCUT2D eigenvalue weighted by Crippen LogP contribution is -2.44. The first-order valence-electron chi connectivity index (χ1n) is 6.29. The van der Waals surface area contributed by atoms with Crippen LogP contribution >= 0.6 is 0 Å². The number of aromatic amines is 1. The summed E-state index contributed by atoms with van der Waals surface area (Å²) in [6.07, 6.45) is 3.11. The van der Waals surface area contributed by atoms with E-state index in [1.807, 2.05) is 0 Å². The second-order valence-electron chi connectivity index (χ2n) is 4.57. The second kappa shape index (κ2) is 5.38. The Labute approximate surface area is 108 Å². The van der Waals surface area contributed by atoms with Crippen molar-refractivity contribution >= 4 is 10.0 Å². The molecular weight excluding hydrogens is 252 g/mol. The van der Waals surface area contributed by atoms with Crippen molar-refractivity contribution in [3.05, 3.63) is 12.0 Å². The van der Waals surface area contributed by atoms with E-state index in [4.69, 9.17) is 0 Å². The van der Waals surface area contributed by atoms with Gasteiger partial charge in [0.05, 0.1) is 6.20 Å². The summed E-state index contributed by atoms with van der Waals surface area (Å²) in [5, 5.41) is 3.55. The lowest BCUT2D eigenvalue weighted by atomic mass is 10.1. The number of nitrogens with zero attached hydrogens (tertiary/aromatic N) is 2. The molecule has 102 valence electrons. The second-order valence-corrected chi connectivity index (χ2v) is 6.48. The van der Waals surface area contributed by atoms with Crippen molar-refractivity contribution in [2.45, 2.75) is 37.8 Å². The van der Waals surface area contributed by atoms with Crippen LogP contribution < -0.4 is 5.32 Å². The highest BCUT2D eigenvalue weighted by Crippen LogP contribution is 2.19. The molecule has 6 nitrogen and oxygen atoms in total. The SMILES string of the molecule is CCNC1CCN(S(=O)(=O)c2cnc(C)[nH]2)CC1. The molecule has 2 heterocycles. The van der Waals surface area contributed by atoms with Crippen LogP contribution in [-0.4, -0.2) is 48.4 Å². The molecule has 7 heteroatoms. The molecular formula is C11H20N4O2S. The van der Waals surface area contributed by atoms with Crippen LogP contribution in [-0.2, 0) is 10.0 Å². The molecule has 0 unspecified atom stereocenters. The highest BCUT2D eigenvalue weighted by Gasteiger charge is 2.30. The quantitative estimate of drug-likeness (QED) is 0.835. The predicted molar refractivity (Wildman–Crippen MR) is 68.8 cm³/mol. The van der Waals surface area contributed by atoms with Crippen LogP contribution in [0.5, 0.6) is 0 Å². The summed E-state index contributed by atoms with van der Waals surface area (Å²) in [7, 11) is -3.39. The van der Waals surface area contributed by atoms with Crippen LogP contribution in [0, 0.1) is 6.92 Å². The Morgan fingerprint density at radius 2 is 2.17 bits per heavy atom. The third-order valence-corrected chi connectivity index (χ3v) is 5.05. The van der Waals surface area contributed by atoms with Gasteiger partial charge in [0, 0.05) is 19.1 Å². The molecule has 0 aliphatic carbocycles. The molecule has 0 aromatic carbocycles. The number of piperidine rings is 1. The number of hydrogen-bond acceptors (Lipinski definition) is 4. The van der Waals surface area contributed by atoms with Gasteiger partial charge in [0.2, 0.25) is 0 Å². The van der Waals surface area contributed by atoms with Crippen LogP contribution in [0.4, 0.5) is 0 Å². The van der Waals surface area contributed by atoms with Gasteiger partial charge in [-0.1, -0.05) is 6.92 Å². The number of sulfonamides is 1. The fourth-order valence-electron chi connectivity index (χ4n) is 2.26. The molecule has 1 fully saturated rings. The minimum absolute atomic E-state index is 0.196. The summed E-state index contributed by atoms with van der Waals surface area (Å²) >= 11 is 0. The van der Waals surface area contributed by atoms with Gasteiger partial charge in [-0.2, -0.15) is 4.31 Å². The van der Waals surface area contributed by atoms with E-state index in [0.29, 0.717) is 25.0 Å². The van der Waals surface area contributed by atoms with Crippen molar-refractivity contribution in [3.8, 4) is 0 Å². The highest BCUT2D eigenvalue weighted by atomic mass is 32.2. The minimum atomic E-state index is -3.39. The normalized spacial score (nSPS) is 19.2. The predicted octanol–water partition coefficient (Wildman–Crippen LogP) is 0.481. The molecule has 0 saturated carbocycles. The summed E-state index contributed by atoms with van der Waals surface area (Å²) in [4.78, 5) is 6.74. The molecule has 1 aliphatic heterocycles. The monoisotopic (exact) mass is 272 g/mol. The summed E-state index contributed by atoms with van der Waals surface area (Å²) in [5.41, 5.74) is 0. The average Bonchev–Trinajstić information content (AvgIpc) is 2.78. The van der Waals surface area contributed by atoms with Gasteiger partial charge in [0.1, 0.15) is 5.82 Å². The lowest BCUT2D eigenvalue weighted by molar-refractivity contribution is 0.291. The van der Waals surface area contributed by atoms with Crippen molar-refractivity contribution < 1.29 is 8.42 Å². The molecule has 1 aliphatic rings. The maximum Gasteiger partial charge on any atom is 0.260 e. The Bertz CT molecular complexity index is 489. The molecule has 0 radical (unpaired) electrons. The molecule has 0 spiro atoms. The first-order valence-corrected chi connectivity index (χ1v) is 7.73. The Hall–Kier alpha value is -0.920. The number of hydrogen-bond donors (Lipinski definition) is 2. The molecule has 18 heavy (non-hydrogen) atoms. The number of aromatic nitrogens is 2. The number of imidazole rings is 1. The summed E-state index contributed by atoms with van der Waals surface area (Å²) < 4.78 is 26.1. The zero-order valence-corrected chi connectivity index (χ0v) is 11.6. The number of rotatable bonds is 4. The van der Waals surface area contributed by atoms with E-state index >= 15 is 0 Å². The van der Waals surface area contributed by atoms with Crippen molar-refractivity contribution in [2.24, 2.45) is 0 Å². The van der Waals surface area contributed by atoms with Crippen LogP contribution in [0.2, 0.25) is 0 Å². The Morgan fingerprint density at radius 3 is 2.67 bits per heavy atom. The highest BCUT2D eigenvalue weighted by molar-refractivity contribution is 7.89. The maximum absolute atomic E-state index is 12.3. The third kappa shape index (κ3) is 2.73. The van der Waals surface area contributed by atoms with Crippen LogP contribution in [0.25, 0.3) is 0 Å². The molecule has 1 saturated heterocycles. The molecule has 1 aromatic rings. The van der Waals surface area contributed by atoms with Gasteiger partial charge in [0.25, 0.3) is 10.0 Å². The van der Waals surface area contributed by atoms with Gasteiger partial charge >= 0.3 is 0 Å². The van der Waals surface area contributed by atoms with E-state index in [2.05, 4.69) is 22.2 Å². The van der Waals surface area contributed by atoms with E-state index < -0.39 is 10.0 Å². The molecule has 2 rings (SSSR count). The van der Waals surface area contributed by atoms with E-state index in [1.165, 1.54) is 10.5 Å². The Balaban J connectivity index is 2.05. The summed E-state index contributed by atoms with van der Waals surface area (Å²) in [5.74, 6) is 0.621. The first-order chi connectivity index (χ1) is 8.54. The molecule has 0 atom stereocenters. The van der Waals surface area contributed by atoms with Gasteiger partial charge in [-0.3, -0.25) is 0 Å².